The van der Waals surface area contributed by atoms with Crippen LogP contribution in [0.3, 0.4) is 0 Å². The molecule has 23 heavy (non-hydrogen) atoms. The Labute approximate surface area is 134 Å². The molecule has 4 N–H and O–H groups in total. The van der Waals surface area contributed by atoms with Crippen molar-refractivity contribution in [2.75, 3.05) is 18.4 Å². The number of imidazole rings is 1. The van der Waals surface area contributed by atoms with E-state index < -0.39 is 0 Å². The summed E-state index contributed by atoms with van der Waals surface area (Å²) < 4.78 is 0. The Morgan fingerprint density at radius 2 is 2.26 bits per heavy atom. The van der Waals surface area contributed by atoms with Gasteiger partial charge in [-0.25, -0.2) is 4.98 Å². The van der Waals surface area contributed by atoms with Crippen molar-refractivity contribution in [2.24, 2.45) is 0 Å². The first-order valence-corrected chi connectivity index (χ1v) is 7.89. The van der Waals surface area contributed by atoms with E-state index in [1.807, 2.05) is 25.1 Å². The van der Waals surface area contributed by atoms with Crippen LogP contribution in [0, 0.1) is 6.92 Å². The Hall–Kier alpha value is -2.41. The van der Waals surface area contributed by atoms with Gasteiger partial charge >= 0.3 is 0 Å². The molecular formula is C16H21N5O2. The van der Waals surface area contributed by atoms with Crippen LogP contribution in [0.25, 0.3) is 11.0 Å². The number of aromatic amines is 1. The van der Waals surface area contributed by atoms with Gasteiger partial charge in [-0.3, -0.25) is 14.9 Å². The summed E-state index contributed by atoms with van der Waals surface area (Å²) in [6.07, 6.45) is 2.09. The van der Waals surface area contributed by atoms with Gasteiger partial charge in [0.05, 0.1) is 17.1 Å². The monoisotopic (exact) mass is 315 g/mol. The van der Waals surface area contributed by atoms with Crippen LogP contribution in [0.15, 0.2) is 18.2 Å². The maximum absolute atomic E-state index is 11.9. The fourth-order valence-electron chi connectivity index (χ4n) is 2.71. The Morgan fingerprint density at radius 3 is 3.04 bits per heavy atom. The third-order valence-corrected chi connectivity index (χ3v) is 3.92. The second-order valence-electron chi connectivity index (χ2n) is 5.84. The van der Waals surface area contributed by atoms with Crippen LogP contribution in [-0.4, -0.2) is 40.9 Å². The van der Waals surface area contributed by atoms with E-state index in [9.17, 15) is 9.59 Å². The molecule has 1 aromatic heterocycles. The number of fused-ring (bicyclic) bond motifs is 1. The lowest BCUT2D eigenvalue weighted by atomic mass is 10.2. The fraction of sp³-hybridized carbons (Fsp3) is 0.438. The molecular weight excluding hydrogens is 294 g/mol. The number of rotatable bonds is 5. The predicted molar refractivity (Wildman–Crippen MR) is 88.1 cm³/mol. The van der Waals surface area contributed by atoms with Crippen molar-refractivity contribution in [1.82, 2.24) is 20.6 Å². The normalized spacial score (nSPS) is 17.3. The average molecular weight is 315 g/mol. The van der Waals surface area contributed by atoms with Crippen molar-refractivity contribution in [2.45, 2.75) is 32.2 Å². The van der Waals surface area contributed by atoms with Crippen molar-refractivity contribution in [3.8, 4) is 0 Å². The molecule has 7 nitrogen and oxygen atoms in total. The molecule has 2 aromatic rings. The summed E-state index contributed by atoms with van der Waals surface area (Å²) >= 11 is 0. The summed E-state index contributed by atoms with van der Waals surface area (Å²) in [4.78, 5) is 31.1. The molecule has 1 unspecified atom stereocenters. The summed E-state index contributed by atoms with van der Waals surface area (Å²) in [5.74, 6) is 0.217. The van der Waals surface area contributed by atoms with Gasteiger partial charge in [-0.05, 0) is 44.0 Å². The summed E-state index contributed by atoms with van der Waals surface area (Å²) in [5.41, 5.74) is 2.83. The van der Waals surface area contributed by atoms with Gasteiger partial charge in [-0.15, -0.1) is 0 Å². The highest BCUT2D eigenvalue weighted by Gasteiger charge is 2.21. The number of aryl methyl sites for hydroxylation is 1. The van der Waals surface area contributed by atoms with Gasteiger partial charge in [0, 0.05) is 13.0 Å². The number of nitrogens with one attached hydrogen (secondary N) is 4. The van der Waals surface area contributed by atoms with E-state index in [4.69, 9.17) is 0 Å². The second-order valence-corrected chi connectivity index (χ2v) is 5.84. The van der Waals surface area contributed by atoms with Crippen LogP contribution < -0.4 is 16.0 Å². The molecule has 0 aliphatic carbocycles. The SMILES string of the molecule is Cc1ccc2nc(NC(=O)CCNC(=O)C3CCCN3)[nH]c2c1. The summed E-state index contributed by atoms with van der Waals surface area (Å²) in [5, 5.41) is 8.63. The summed E-state index contributed by atoms with van der Waals surface area (Å²) in [7, 11) is 0. The van der Waals surface area contributed by atoms with Gasteiger partial charge in [0.1, 0.15) is 0 Å². The fourth-order valence-corrected chi connectivity index (χ4v) is 2.71. The zero-order valence-electron chi connectivity index (χ0n) is 13.1. The molecule has 122 valence electrons. The number of benzene rings is 1. The molecule has 7 heteroatoms. The minimum absolute atomic E-state index is 0.0329. The molecule has 1 atom stereocenters. The van der Waals surface area contributed by atoms with Crippen LogP contribution in [0.4, 0.5) is 5.95 Å². The van der Waals surface area contributed by atoms with E-state index >= 15 is 0 Å². The Balaban J connectivity index is 1.47. The summed E-state index contributed by atoms with van der Waals surface area (Å²) in [6.45, 7) is 3.20. The second kappa shape index (κ2) is 6.78. The summed E-state index contributed by atoms with van der Waals surface area (Å²) in [6, 6.07) is 5.75. The number of hydrogen-bond donors (Lipinski definition) is 4. The largest absolute Gasteiger partial charge is 0.354 e. The van der Waals surface area contributed by atoms with Crippen molar-refractivity contribution in [3.63, 3.8) is 0 Å². The van der Waals surface area contributed by atoms with Crippen molar-refractivity contribution in [3.05, 3.63) is 23.8 Å². The van der Waals surface area contributed by atoms with E-state index in [0.29, 0.717) is 12.5 Å². The molecule has 1 saturated heterocycles. The molecule has 1 aromatic carbocycles. The van der Waals surface area contributed by atoms with E-state index in [1.54, 1.807) is 0 Å². The molecule has 2 heterocycles. The first-order chi connectivity index (χ1) is 11.1. The van der Waals surface area contributed by atoms with E-state index in [0.717, 1.165) is 36.0 Å². The predicted octanol–water partition coefficient (Wildman–Crippen LogP) is 1.07. The Kier molecular flexibility index (Phi) is 4.57. The number of hydrogen-bond acceptors (Lipinski definition) is 4. The highest BCUT2D eigenvalue weighted by Crippen LogP contribution is 2.15. The Morgan fingerprint density at radius 1 is 1.39 bits per heavy atom. The van der Waals surface area contributed by atoms with Crippen molar-refractivity contribution < 1.29 is 9.59 Å². The molecule has 1 fully saturated rings. The number of H-pyrrole nitrogens is 1. The van der Waals surface area contributed by atoms with Crippen LogP contribution in [-0.2, 0) is 9.59 Å². The van der Waals surface area contributed by atoms with Gasteiger partial charge in [0.15, 0.2) is 0 Å². The minimum Gasteiger partial charge on any atom is -0.354 e. The van der Waals surface area contributed by atoms with Gasteiger partial charge in [-0.2, -0.15) is 0 Å². The van der Waals surface area contributed by atoms with Gasteiger partial charge < -0.3 is 15.6 Å². The third kappa shape index (κ3) is 3.87. The lowest BCUT2D eigenvalue weighted by molar-refractivity contribution is -0.122. The number of amides is 2. The van der Waals surface area contributed by atoms with Gasteiger partial charge in [0.25, 0.3) is 0 Å². The molecule has 3 rings (SSSR count). The van der Waals surface area contributed by atoms with Crippen LogP contribution in [0.2, 0.25) is 0 Å². The maximum atomic E-state index is 11.9. The van der Waals surface area contributed by atoms with Gasteiger partial charge in [-0.1, -0.05) is 6.07 Å². The zero-order valence-corrected chi connectivity index (χ0v) is 13.1. The minimum atomic E-state index is -0.180. The quantitative estimate of drug-likeness (QED) is 0.663. The van der Waals surface area contributed by atoms with Crippen molar-refractivity contribution >= 4 is 28.8 Å². The first-order valence-electron chi connectivity index (χ1n) is 7.89. The molecule has 0 bridgehead atoms. The van der Waals surface area contributed by atoms with Crippen LogP contribution in [0.1, 0.15) is 24.8 Å². The molecule has 2 amide bonds. The number of aromatic nitrogens is 2. The smallest absolute Gasteiger partial charge is 0.237 e. The van der Waals surface area contributed by atoms with Crippen molar-refractivity contribution in [1.29, 1.82) is 0 Å². The molecule has 1 aliphatic heterocycles. The zero-order chi connectivity index (χ0) is 16.2. The number of anilines is 1. The maximum Gasteiger partial charge on any atom is 0.237 e. The highest BCUT2D eigenvalue weighted by molar-refractivity contribution is 5.91. The van der Waals surface area contributed by atoms with Crippen LogP contribution in [0.5, 0.6) is 0 Å². The molecule has 0 saturated carbocycles. The van der Waals surface area contributed by atoms with E-state index in [1.165, 1.54) is 0 Å². The van der Waals surface area contributed by atoms with Crippen LogP contribution >= 0.6 is 0 Å². The number of carbonyl (C=O) groups is 2. The standard InChI is InChI=1S/C16H21N5O2/c1-10-4-5-11-13(9-10)20-16(19-11)21-14(22)6-8-18-15(23)12-3-2-7-17-12/h4-5,9,12,17H,2-3,6-8H2,1H3,(H,18,23)(H2,19,20,21,22). The highest BCUT2D eigenvalue weighted by atomic mass is 16.2. The lowest BCUT2D eigenvalue weighted by Gasteiger charge is -2.10. The van der Waals surface area contributed by atoms with E-state index in [-0.39, 0.29) is 24.3 Å². The first kappa shape index (κ1) is 15.5. The topological polar surface area (TPSA) is 98.9 Å². The Bertz CT molecular complexity index is 718. The van der Waals surface area contributed by atoms with Gasteiger partial charge in [0.2, 0.25) is 17.8 Å². The average Bonchev–Trinajstić information content (AvgIpc) is 3.15. The molecule has 0 spiro atoms. The van der Waals surface area contributed by atoms with E-state index in [2.05, 4.69) is 25.9 Å². The lowest BCUT2D eigenvalue weighted by Crippen LogP contribution is -2.41. The number of nitrogens with zero attached hydrogens (tertiary/aromatic N) is 1. The number of carbonyl (C=O) groups excluding carboxylic acids is 2. The molecule has 1 aliphatic rings. The third-order valence-electron chi connectivity index (χ3n) is 3.92. The molecule has 0 radical (unpaired) electrons.